The summed E-state index contributed by atoms with van der Waals surface area (Å²) in [5.74, 6) is -0.339. The second-order valence-electron chi connectivity index (χ2n) is 11.9. The lowest BCUT2D eigenvalue weighted by Crippen LogP contribution is -2.58. The molecule has 240 valence electrons. The van der Waals surface area contributed by atoms with Gasteiger partial charge in [-0.05, 0) is 68.5 Å². The average Bonchev–Trinajstić information content (AvgIpc) is 3.39. The van der Waals surface area contributed by atoms with Gasteiger partial charge in [0.2, 0.25) is 5.88 Å². The summed E-state index contributed by atoms with van der Waals surface area (Å²) in [6.07, 6.45) is 2.93. The number of nitrogens with zero attached hydrogens (tertiary/aromatic N) is 3. The number of amides is 1. The number of pyridine rings is 1. The predicted molar refractivity (Wildman–Crippen MR) is 153 cm³/mol. The molecule has 1 aromatic carbocycles. The van der Waals surface area contributed by atoms with Crippen LogP contribution in [0.4, 0.5) is 13.2 Å². The molecule has 44 heavy (non-hydrogen) atoms. The van der Waals surface area contributed by atoms with Gasteiger partial charge in [0.1, 0.15) is 6.04 Å². The van der Waals surface area contributed by atoms with Crippen molar-refractivity contribution in [3.63, 3.8) is 0 Å². The van der Waals surface area contributed by atoms with Crippen LogP contribution in [-0.2, 0) is 19.4 Å². The lowest BCUT2D eigenvalue weighted by atomic mass is 9.83. The molecule has 2 atom stereocenters. The molecular weight excluding hydrogens is 603 g/mol. The van der Waals surface area contributed by atoms with Crippen molar-refractivity contribution >= 4 is 21.7 Å². The lowest BCUT2D eigenvalue weighted by molar-refractivity contribution is -0.145. The lowest BCUT2D eigenvalue weighted by Gasteiger charge is -2.45. The number of aromatic nitrogens is 1. The molecular formula is C30H36F3N3O7S. The first-order chi connectivity index (χ1) is 20.8. The highest BCUT2D eigenvalue weighted by Crippen LogP contribution is 2.47. The van der Waals surface area contributed by atoms with Crippen LogP contribution in [0.15, 0.2) is 42.6 Å². The molecule has 2 saturated heterocycles. The SMILES string of the molecule is COC(=O)[C@@H]1C[C@@H](O)CN1C(=O)c1ccc(-c2ccc(OCC3CCN(CC4(S(=O)(=O)C(F)(F)F)CCC4)CC3)nc2)cc1. The van der Waals surface area contributed by atoms with E-state index in [1.54, 1.807) is 36.5 Å². The summed E-state index contributed by atoms with van der Waals surface area (Å²) in [6.45, 7) is 1.37. The first-order valence-corrected chi connectivity index (χ1v) is 16.1. The summed E-state index contributed by atoms with van der Waals surface area (Å²) < 4.78 is 73.0. The van der Waals surface area contributed by atoms with E-state index in [4.69, 9.17) is 9.47 Å². The number of aliphatic hydroxyl groups is 1. The summed E-state index contributed by atoms with van der Waals surface area (Å²) in [6, 6.07) is 9.59. The van der Waals surface area contributed by atoms with Crippen LogP contribution in [0.1, 0.15) is 48.9 Å². The number of esters is 1. The van der Waals surface area contributed by atoms with Crippen LogP contribution >= 0.6 is 0 Å². The highest BCUT2D eigenvalue weighted by atomic mass is 32.2. The van der Waals surface area contributed by atoms with Crippen molar-refractivity contribution in [2.45, 2.75) is 60.9 Å². The number of likely N-dealkylation sites (tertiary alicyclic amines) is 2. The fourth-order valence-electron chi connectivity index (χ4n) is 6.26. The van der Waals surface area contributed by atoms with Crippen molar-refractivity contribution in [1.29, 1.82) is 0 Å². The highest BCUT2D eigenvalue weighted by Gasteiger charge is 2.62. The molecule has 2 aromatic rings. The third-order valence-corrected chi connectivity index (χ3v) is 11.3. The van der Waals surface area contributed by atoms with Crippen LogP contribution in [0.2, 0.25) is 0 Å². The number of halogens is 3. The number of rotatable bonds is 9. The molecule has 0 spiro atoms. The number of β-amino-alcohol motifs (C(OH)–C–C–N with tert-alkyl or cyclic N) is 1. The van der Waals surface area contributed by atoms with Crippen LogP contribution in [0.25, 0.3) is 11.1 Å². The Morgan fingerprint density at radius 3 is 2.27 bits per heavy atom. The van der Waals surface area contributed by atoms with Crippen molar-refractivity contribution in [3.8, 4) is 17.0 Å². The van der Waals surface area contributed by atoms with Crippen molar-refractivity contribution in [2.75, 3.05) is 39.9 Å². The summed E-state index contributed by atoms with van der Waals surface area (Å²) in [5.41, 5.74) is -3.25. The van der Waals surface area contributed by atoms with Crippen LogP contribution in [0.5, 0.6) is 5.88 Å². The fourth-order valence-corrected chi connectivity index (χ4v) is 7.93. The number of methoxy groups -OCH3 is 1. The van der Waals surface area contributed by atoms with Crippen LogP contribution in [0, 0.1) is 5.92 Å². The minimum Gasteiger partial charge on any atom is -0.477 e. The van der Waals surface area contributed by atoms with E-state index in [1.165, 1.54) is 12.0 Å². The zero-order valence-corrected chi connectivity index (χ0v) is 25.1. The van der Waals surface area contributed by atoms with E-state index in [2.05, 4.69) is 4.98 Å². The van der Waals surface area contributed by atoms with Crippen molar-refractivity contribution in [2.24, 2.45) is 5.92 Å². The van der Waals surface area contributed by atoms with E-state index >= 15 is 0 Å². The fraction of sp³-hybridized carbons (Fsp3) is 0.567. The molecule has 0 bridgehead atoms. The first kappa shape index (κ1) is 32.2. The quantitative estimate of drug-likeness (QED) is 0.411. The van der Waals surface area contributed by atoms with Crippen molar-refractivity contribution in [3.05, 3.63) is 48.2 Å². The Morgan fingerprint density at radius 1 is 1.07 bits per heavy atom. The minimum atomic E-state index is -5.24. The van der Waals surface area contributed by atoms with Gasteiger partial charge in [0.05, 0.1) is 24.6 Å². The zero-order valence-electron chi connectivity index (χ0n) is 24.3. The van der Waals surface area contributed by atoms with Gasteiger partial charge in [-0.2, -0.15) is 13.2 Å². The molecule has 1 saturated carbocycles. The summed E-state index contributed by atoms with van der Waals surface area (Å²) in [5, 5.41) is 9.97. The van der Waals surface area contributed by atoms with Crippen LogP contribution in [0.3, 0.4) is 0 Å². The van der Waals surface area contributed by atoms with Gasteiger partial charge in [-0.3, -0.25) is 4.79 Å². The largest absolute Gasteiger partial charge is 0.497 e. The molecule has 1 amide bonds. The summed E-state index contributed by atoms with van der Waals surface area (Å²) in [7, 11) is -3.97. The topological polar surface area (TPSA) is 126 Å². The van der Waals surface area contributed by atoms with Gasteiger partial charge in [-0.15, -0.1) is 0 Å². The van der Waals surface area contributed by atoms with Gasteiger partial charge in [-0.1, -0.05) is 18.6 Å². The molecule has 3 aliphatic rings. The third kappa shape index (κ3) is 6.43. The van der Waals surface area contributed by atoms with E-state index in [-0.39, 0.29) is 44.2 Å². The predicted octanol–water partition coefficient (Wildman–Crippen LogP) is 3.45. The number of carbonyl (C=O) groups excluding carboxylic acids is 2. The molecule has 0 unspecified atom stereocenters. The molecule has 14 heteroatoms. The minimum absolute atomic E-state index is 0.0445. The molecule has 1 N–H and O–H groups in total. The van der Waals surface area contributed by atoms with Crippen molar-refractivity contribution < 1.29 is 45.8 Å². The number of carbonyl (C=O) groups is 2. The number of piperidine rings is 1. The zero-order chi connectivity index (χ0) is 31.7. The Kier molecular flexibility index (Phi) is 9.24. The second kappa shape index (κ2) is 12.6. The van der Waals surface area contributed by atoms with Gasteiger partial charge in [0.25, 0.3) is 15.7 Å². The van der Waals surface area contributed by atoms with Crippen LogP contribution in [-0.4, -0.2) is 102 Å². The summed E-state index contributed by atoms with van der Waals surface area (Å²) in [4.78, 5) is 32.6. The number of hydrogen-bond acceptors (Lipinski definition) is 9. The maximum absolute atomic E-state index is 13.2. The molecule has 0 radical (unpaired) electrons. The smallest absolute Gasteiger partial charge is 0.477 e. The molecule has 1 aromatic heterocycles. The second-order valence-corrected chi connectivity index (χ2v) is 14.2. The maximum Gasteiger partial charge on any atom is 0.497 e. The Morgan fingerprint density at radius 2 is 1.73 bits per heavy atom. The van der Waals surface area contributed by atoms with Crippen LogP contribution < -0.4 is 4.74 Å². The Hall–Kier alpha value is -3.23. The Bertz CT molecular complexity index is 1440. The van der Waals surface area contributed by atoms with Gasteiger partial charge in [-0.25, -0.2) is 18.2 Å². The maximum atomic E-state index is 13.2. The number of ether oxygens (including phenoxy) is 2. The third-order valence-electron chi connectivity index (χ3n) is 9.04. The highest BCUT2D eigenvalue weighted by molar-refractivity contribution is 7.93. The van der Waals surface area contributed by atoms with E-state index in [0.29, 0.717) is 50.4 Å². The van der Waals surface area contributed by atoms with Gasteiger partial charge < -0.3 is 24.4 Å². The standard InChI is InChI=1S/C30H36F3N3O7S/c1-42-28(39)25-15-24(37)17-36(25)27(38)22-5-3-21(4-6-22)23-7-8-26(34-16-23)43-18-20-9-13-35(14-10-20)19-29(11-2-12-29)44(40,41)30(31,32)33/h3-8,16,20,24-25,37H,2,9-15,17-19H2,1H3/t24-,25+/m1/s1. The number of hydrogen-bond donors (Lipinski definition) is 1. The summed E-state index contributed by atoms with van der Waals surface area (Å²) >= 11 is 0. The average molecular weight is 640 g/mol. The van der Waals surface area contributed by atoms with Gasteiger partial charge in [0.15, 0.2) is 0 Å². The molecule has 3 fully saturated rings. The number of benzene rings is 1. The Balaban J connectivity index is 1.11. The number of aliphatic hydroxyl groups excluding tert-OH is 1. The van der Waals surface area contributed by atoms with E-state index in [0.717, 1.165) is 11.1 Å². The monoisotopic (exact) mass is 639 g/mol. The van der Waals surface area contributed by atoms with E-state index < -0.39 is 38.2 Å². The van der Waals surface area contributed by atoms with Gasteiger partial charge >= 0.3 is 11.5 Å². The Labute approximate surface area is 254 Å². The van der Waals surface area contributed by atoms with E-state index in [9.17, 15) is 36.3 Å². The number of alkyl halides is 3. The molecule has 5 rings (SSSR count). The normalized spacial score (nSPS) is 22.8. The molecule has 1 aliphatic carbocycles. The number of sulfone groups is 1. The molecule has 3 heterocycles. The molecule has 2 aliphatic heterocycles. The molecule has 10 nitrogen and oxygen atoms in total. The van der Waals surface area contributed by atoms with Gasteiger partial charge in [0, 0.05) is 42.9 Å². The van der Waals surface area contributed by atoms with E-state index in [1.807, 2.05) is 11.0 Å². The first-order valence-electron chi connectivity index (χ1n) is 14.6. The van der Waals surface area contributed by atoms with Crippen molar-refractivity contribution in [1.82, 2.24) is 14.8 Å².